The number of hydrogen-bond acceptors (Lipinski definition) is 2. The number of aromatic amines is 1. The van der Waals surface area contributed by atoms with Crippen LogP contribution in [0.1, 0.15) is 56.7 Å². The topological polar surface area (TPSA) is 40.7 Å². The van der Waals surface area contributed by atoms with Crippen LogP contribution in [-0.2, 0) is 5.41 Å². The lowest BCUT2D eigenvalue weighted by molar-refractivity contribution is 0.445. The second kappa shape index (κ2) is 4.21. The van der Waals surface area contributed by atoms with E-state index >= 15 is 0 Å². The highest BCUT2D eigenvalue weighted by molar-refractivity contribution is 5.22. The van der Waals surface area contributed by atoms with Crippen molar-refractivity contribution in [3.63, 3.8) is 0 Å². The summed E-state index contributed by atoms with van der Waals surface area (Å²) in [6.45, 7) is 11.1. The minimum absolute atomic E-state index is 0.145. The number of H-pyrrole nitrogens is 1. The summed E-state index contributed by atoms with van der Waals surface area (Å²) in [5, 5.41) is 3.39. The number of hydrogen-bond donors (Lipinski definition) is 2. The molecule has 1 aliphatic heterocycles. The molecule has 0 spiro atoms. The van der Waals surface area contributed by atoms with Crippen molar-refractivity contribution in [3.8, 4) is 0 Å². The molecule has 2 rings (SSSR count). The molecule has 0 aliphatic carbocycles. The van der Waals surface area contributed by atoms with Crippen molar-refractivity contribution >= 4 is 0 Å². The van der Waals surface area contributed by atoms with E-state index < -0.39 is 0 Å². The fourth-order valence-electron chi connectivity index (χ4n) is 2.50. The summed E-state index contributed by atoms with van der Waals surface area (Å²) in [6, 6.07) is 0. The number of aromatic nitrogens is 2. The van der Waals surface area contributed by atoms with Crippen LogP contribution in [0.25, 0.3) is 0 Å². The molecule has 1 aromatic rings. The average molecular weight is 221 g/mol. The van der Waals surface area contributed by atoms with Gasteiger partial charge in [-0.1, -0.05) is 20.8 Å². The minimum atomic E-state index is 0.145. The molecule has 0 atom stereocenters. The molecule has 16 heavy (non-hydrogen) atoms. The van der Waals surface area contributed by atoms with Gasteiger partial charge in [-0.25, -0.2) is 4.98 Å². The maximum atomic E-state index is 4.82. The highest BCUT2D eigenvalue weighted by atomic mass is 15.0. The van der Waals surface area contributed by atoms with E-state index in [0.29, 0.717) is 5.92 Å². The van der Waals surface area contributed by atoms with Crippen LogP contribution >= 0.6 is 0 Å². The van der Waals surface area contributed by atoms with Crippen molar-refractivity contribution in [1.29, 1.82) is 0 Å². The average Bonchev–Trinajstić information content (AvgIpc) is 2.61. The Bertz CT molecular complexity index is 354. The molecule has 2 N–H and O–H groups in total. The molecule has 90 valence electrons. The summed E-state index contributed by atoms with van der Waals surface area (Å²) in [7, 11) is 0. The normalized spacial score (nSPS) is 19.0. The smallest absolute Gasteiger partial charge is 0.109 e. The Morgan fingerprint density at radius 3 is 2.31 bits per heavy atom. The summed E-state index contributed by atoms with van der Waals surface area (Å²) in [5.41, 5.74) is 2.60. The molecule has 0 unspecified atom stereocenters. The standard InChI is InChI=1S/C13H23N3/c1-9-11(13(2,3)4)16-12(15-9)10-5-7-14-8-6-10/h10,14H,5-8H2,1-4H3,(H,15,16). The Balaban J connectivity index is 2.23. The number of piperidine rings is 1. The summed E-state index contributed by atoms with van der Waals surface area (Å²) >= 11 is 0. The van der Waals surface area contributed by atoms with Gasteiger partial charge in [-0.2, -0.15) is 0 Å². The van der Waals surface area contributed by atoms with E-state index in [1.807, 2.05) is 0 Å². The second-order valence-corrected chi connectivity index (χ2v) is 5.87. The first-order valence-corrected chi connectivity index (χ1v) is 6.26. The molecule has 0 bridgehead atoms. The van der Waals surface area contributed by atoms with Gasteiger partial charge in [0.2, 0.25) is 0 Å². The van der Waals surface area contributed by atoms with E-state index in [0.717, 1.165) is 13.1 Å². The first-order chi connectivity index (χ1) is 7.48. The molecule has 1 fully saturated rings. The molecule has 0 radical (unpaired) electrons. The molecule has 2 heterocycles. The number of nitrogens with zero attached hydrogens (tertiary/aromatic N) is 1. The monoisotopic (exact) mass is 221 g/mol. The van der Waals surface area contributed by atoms with Gasteiger partial charge >= 0.3 is 0 Å². The second-order valence-electron chi connectivity index (χ2n) is 5.87. The summed E-state index contributed by atoms with van der Waals surface area (Å²) in [4.78, 5) is 8.30. The van der Waals surface area contributed by atoms with Gasteiger partial charge in [-0.3, -0.25) is 0 Å². The van der Waals surface area contributed by atoms with E-state index in [4.69, 9.17) is 4.98 Å². The number of nitrogens with one attached hydrogen (secondary N) is 2. The van der Waals surface area contributed by atoms with Crippen LogP contribution in [0.2, 0.25) is 0 Å². The van der Waals surface area contributed by atoms with Crippen molar-refractivity contribution in [1.82, 2.24) is 15.3 Å². The first-order valence-electron chi connectivity index (χ1n) is 6.26. The predicted octanol–water partition coefficient (Wildman–Crippen LogP) is 2.48. The fraction of sp³-hybridized carbons (Fsp3) is 0.769. The Hall–Kier alpha value is -0.830. The summed E-state index contributed by atoms with van der Waals surface area (Å²) in [5.74, 6) is 1.82. The van der Waals surface area contributed by atoms with Gasteiger partial charge in [0, 0.05) is 17.0 Å². The van der Waals surface area contributed by atoms with Gasteiger partial charge in [0.25, 0.3) is 0 Å². The zero-order chi connectivity index (χ0) is 11.8. The Labute approximate surface area is 98.1 Å². The van der Waals surface area contributed by atoms with E-state index in [9.17, 15) is 0 Å². The summed E-state index contributed by atoms with van der Waals surface area (Å²) < 4.78 is 0. The van der Waals surface area contributed by atoms with Crippen LogP contribution in [0, 0.1) is 6.92 Å². The Morgan fingerprint density at radius 1 is 1.19 bits per heavy atom. The minimum Gasteiger partial charge on any atom is -0.346 e. The van der Waals surface area contributed by atoms with Crippen molar-refractivity contribution in [2.75, 3.05) is 13.1 Å². The molecular formula is C13H23N3. The Morgan fingerprint density at radius 2 is 1.81 bits per heavy atom. The number of imidazole rings is 1. The predicted molar refractivity (Wildman–Crippen MR) is 66.9 cm³/mol. The van der Waals surface area contributed by atoms with Gasteiger partial charge in [-0.15, -0.1) is 0 Å². The van der Waals surface area contributed by atoms with Crippen LogP contribution in [0.3, 0.4) is 0 Å². The van der Waals surface area contributed by atoms with Crippen LogP contribution < -0.4 is 5.32 Å². The van der Waals surface area contributed by atoms with Crippen molar-refractivity contribution in [2.24, 2.45) is 0 Å². The maximum Gasteiger partial charge on any atom is 0.109 e. The lowest BCUT2D eigenvalue weighted by atomic mass is 9.91. The lowest BCUT2D eigenvalue weighted by Crippen LogP contribution is -2.27. The van der Waals surface area contributed by atoms with Gasteiger partial charge in [-0.05, 0) is 32.9 Å². The lowest BCUT2D eigenvalue weighted by Gasteiger charge is -2.20. The molecule has 0 amide bonds. The van der Waals surface area contributed by atoms with Crippen molar-refractivity contribution in [3.05, 3.63) is 17.2 Å². The van der Waals surface area contributed by atoms with Crippen LogP contribution in [-0.4, -0.2) is 23.1 Å². The molecule has 1 saturated heterocycles. The van der Waals surface area contributed by atoms with E-state index in [2.05, 4.69) is 38.0 Å². The molecule has 0 saturated carbocycles. The van der Waals surface area contributed by atoms with E-state index in [-0.39, 0.29) is 5.41 Å². The van der Waals surface area contributed by atoms with E-state index in [1.54, 1.807) is 0 Å². The van der Waals surface area contributed by atoms with Gasteiger partial charge in [0.05, 0.1) is 5.69 Å². The molecule has 0 aromatic carbocycles. The molecular weight excluding hydrogens is 198 g/mol. The van der Waals surface area contributed by atoms with Crippen LogP contribution in [0.15, 0.2) is 0 Å². The maximum absolute atomic E-state index is 4.82. The quantitative estimate of drug-likeness (QED) is 0.765. The largest absolute Gasteiger partial charge is 0.346 e. The third kappa shape index (κ3) is 2.29. The highest BCUT2D eigenvalue weighted by Crippen LogP contribution is 2.28. The number of rotatable bonds is 1. The zero-order valence-electron chi connectivity index (χ0n) is 10.9. The highest BCUT2D eigenvalue weighted by Gasteiger charge is 2.24. The fourth-order valence-corrected chi connectivity index (χ4v) is 2.50. The van der Waals surface area contributed by atoms with Gasteiger partial charge in [0.15, 0.2) is 0 Å². The third-order valence-electron chi connectivity index (χ3n) is 3.34. The van der Waals surface area contributed by atoms with Crippen LogP contribution in [0.4, 0.5) is 0 Å². The molecule has 1 aromatic heterocycles. The third-order valence-corrected chi connectivity index (χ3v) is 3.34. The van der Waals surface area contributed by atoms with Gasteiger partial charge in [0.1, 0.15) is 5.82 Å². The van der Waals surface area contributed by atoms with E-state index in [1.165, 1.54) is 30.1 Å². The molecule has 3 heteroatoms. The number of aryl methyl sites for hydroxylation is 1. The molecule has 1 aliphatic rings. The van der Waals surface area contributed by atoms with Crippen molar-refractivity contribution < 1.29 is 0 Å². The van der Waals surface area contributed by atoms with Crippen LogP contribution in [0.5, 0.6) is 0 Å². The SMILES string of the molecule is Cc1[nH]c(C2CCNCC2)nc1C(C)(C)C. The Kier molecular flexibility index (Phi) is 3.06. The summed E-state index contributed by atoms with van der Waals surface area (Å²) in [6.07, 6.45) is 2.41. The van der Waals surface area contributed by atoms with Gasteiger partial charge < -0.3 is 10.3 Å². The molecule has 3 nitrogen and oxygen atoms in total. The zero-order valence-corrected chi connectivity index (χ0v) is 10.9. The van der Waals surface area contributed by atoms with Crippen molar-refractivity contribution in [2.45, 2.75) is 51.9 Å². The first kappa shape index (κ1) is 11.6.